The smallest absolute Gasteiger partial charge is 0.270 e. The Bertz CT molecular complexity index is 1320. The first-order valence-corrected chi connectivity index (χ1v) is 13.0. The van der Waals surface area contributed by atoms with Crippen LogP contribution >= 0.6 is 0 Å². The van der Waals surface area contributed by atoms with Crippen LogP contribution in [-0.2, 0) is 25.9 Å². The van der Waals surface area contributed by atoms with Crippen molar-refractivity contribution >= 4 is 5.91 Å². The molecule has 6 rings (SSSR count). The predicted octanol–water partition coefficient (Wildman–Crippen LogP) is 4.69. The molecule has 1 fully saturated rings. The van der Waals surface area contributed by atoms with Crippen molar-refractivity contribution in [3.8, 4) is 11.5 Å². The molecule has 0 bridgehead atoms. The molecule has 0 radical (unpaired) electrons. The Morgan fingerprint density at radius 1 is 0.919 bits per heavy atom. The summed E-state index contributed by atoms with van der Waals surface area (Å²) in [5, 5.41) is 0. The van der Waals surface area contributed by atoms with Gasteiger partial charge in [0.05, 0.1) is 6.54 Å². The number of aromatic nitrogens is 1. The molecule has 2 aliphatic heterocycles. The number of carbonyl (C=O) groups excluding carboxylic acids is 1. The van der Waals surface area contributed by atoms with Gasteiger partial charge in [0.15, 0.2) is 11.5 Å². The van der Waals surface area contributed by atoms with Gasteiger partial charge in [-0.1, -0.05) is 12.1 Å². The van der Waals surface area contributed by atoms with E-state index in [-0.39, 0.29) is 24.8 Å². The fourth-order valence-electron chi connectivity index (χ4n) is 5.92. The number of fused-ring (bicyclic) bond motifs is 2. The Kier molecular flexibility index (Phi) is 6.36. The zero-order valence-electron chi connectivity index (χ0n) is 21.1. The highest BCUT2D eigenvalue weighted by atomic mass is 19.1. The van der Waals surface area contributed by atoms with Gasteiger partial charge in [0.2, 0.25) is 6.79 Å². The second-order valence-electron chi connectivity index (χ2n) is 10.1. The van der Waals surface area contributed by atoms with Gasteiger partial charge in [0.1, 0.15) is 17.3 Å². The Morgan fingerprint density at radius 2 is 1.65 bits per heavy atom. The summed E-state index contributed by atoms with van der Waals surface area (Å²) in [6.07, 6.45) is 3.81. The van der Waals surface area contributed by atoms with Crippen molar-refractivity contribution in [1.82, 2.24) is 14.4 Å². The number of benzene rings is 2. The SMILES string of the molecule is Cc1c2c(n(Cc3c(F)cccc3F)c1C(=O)N1CCN(Cc3ccc4c(c3)OCO4)CC1)CCCC2. The van der Waals surface area contributed by atoms with Crippen LogP contribution in [0.4, 0.5) is 8.78 Å². The van der Waals surface area contributed by atoms with Crippen LogP contribution in [-0.4, -0.2) is 53.2 Å². The Balaban J connectivity index is 1.21. The largest absolute Gasteiger partial charge is 0.454 e. The average Bonchev–Trinajstić information content (AvgIpc) is 3.48. The molecule has 1 amide bonds. The van der Waals surface area contributed by atoms with E-state index < -0.39 is 11.6 Å². The zero-order valence-corrected chi connectivity index (χ0v) is 21.1. The first kappa shape index (κ1) is 24.0. The maximum atomic E-state index is 14.6. The molecule has 194 valence electrons. The summed E-state index contributed by atoms with van der Waals surface area (Å²) in [6.45, 7) is 5.76. The average molecular weight is 508 g/mol. The molecule has 0 N–H and O–H groups in total. The van der Waals surface area contributed by atoms with E-state index in [9.17, 15) is 13.6 Å². The number of carbonyl (C=O) groups is 1. The van der Waals surface area contributed by atoms with Crippen LogP contribution in [0.25, 0.3) is 0 Å². The summed E-state index contributed by atoms with van der Waals surface area (Å²) in [5.41, 5.74) is 4.92. The molecular formula is C29H31F2N3O3. The van der Waals surface area contributed by atoms with Crippen LogP contribution in [0.1, 0.15) is 51.3 Å². The summed E-state index contributed by atoms with van der Waals surface area (Å²) in [6, 6.07) is 9.94. The minimum atomic E-state index is -0.577. The van der Waals surface area contributed by atoms with Crippen molar-refractivity contribution in [3.05, 3.63) is 81.7 Å². The summed E-state index contributed by atoms with van der Waals surface area (Å²) in [7, 11) is 0. The normalized spacial score (nSPS) is 17.2. The van der Waals surface area contributed by atoms with Crippen molar-refractivity contribution in [2.75, 3.05) is 33.0 Å². The number of piperazine rings is 1. The number of rotatable bonds is 5. The molecule has 0 spiro atoms. The van der Waals surface area contributed by atoms with Crippen molar-refractivity contribution in [2.24, 2.45) is 0 Å². The van der Waals surface area contributed by atoms with E-state index in [0.717, 1.165) is 73.6 Å². The number of nitrogens with zero attached hydrogens (tertiary/aromatic N) is 3. The molecule has 3 heterocycles. The number of halogens is 2. The minimum Gasteiger partial charge on any atom is -0.454 e. The van der Waals surface area contributed by atoms with E-state index in [4.69, 9.17) is 9.47 Å². The molecule has 0 unspecified atom stereocenters. The van der Waals surface area contributed by atoms with Gasteiger partial charge >= 0.3 is 0 Å². The van der Waals surface area contributed by atoms with Crippen molar-refractivity contribution < 1.29 is 23.0 Å². The standard InChI is InChI=1S/C29H31F2N3O3/c1-19-21-5-2-3-8-25(21)34(17-22-23(30)6-4-7-24(22)31)28(19)29(35)33-13-11-32(12-14-33)16-20-9-10-26-27(15-20)37-18-36-26/h4,6-7,9-10,15H,2-3,5,8,11-14,16-18H2,1H3. The number of hydrogen-bond donors (Lipinski definition) is 0. The molecule has 0 atom stereocenters. The quantitative estimate of drug-likeness (QED) is 0.503. The Morgan fingerprint density at radius 3 is 2.43 bits per heavy atom. The molecule has 2 aromatic carbocycles. The van der Waals surface area contributed by atoms with Crippen molar-refractivity contribution in [3.63, 3.8) is 0 Å². The fraction of sp³-hybridized carbons (Fsp3) is 0.414. The summed E-state index contributed by atoms with van der Waals surface area (Å²) in [4.78, 5) is 18.1. The van der Waals surface area contributed by atoms with Crippen LogP contribution in [0.5, 0.6) is 11.5 Å². The topological polar surface area (TPSA) is 46.9 Å². The summed E-state index contributed by atoms with van der Waals surface area (Å²) < 4.78 is 42.0. The van der Waals surface area contributed by atoms with Crippen LogP contribution in [0.2, 0.25) is 0 Å². The lowest BCUT2D eigenvalue weighted by molar-refractivity contribution is 0.0617. The molecular weight excluding hydrogens is 476 g/mol. The second kappa shape index (κ2) is 9.82. The number of hydrogen-bond acceptors (Lipinski definition) is 4. The molecule has 37 heavy (non-hydrogen) atoms. The lowest BCUT2D eigenvalue weighted by Crippen LogP contribution is -2.48. The van der Waals surface area contributed by atoms with Gasteiger partial charge < -0.3 is 18.9 Å². The molecule has 3 aromatic rings. The second-order valence-corrected chi connectivity index (χ2v) is 10.1. The van der Waals surface area contributed by atoms with Crippen molar-refractivity contribution in [1.29, 1.82) is 0 Å². The minimum absolute atomic E-state index is 0.00784. The van der Waals surface area contributed by atoms with Gasteiger partial charge in [0, 0.05) is 44.0 Å². The first-order valence-electron chi connectivity index (χ1n) is 13.0. The Hall–Kier alpha value is -3.39. The predicted molar refractivity (Wildman–Crippen MR) is 135 cm³/mol. The third kappa shape index (κ3) is 4.48. The first-order chi connectivity index (χ1) is 18.0. The molecule has 1 aliphatic carbocycles. The van der Waals surface area contributed by atoms with Crippen molar-refractivity contribution in [2.45, 2.75) is 45.7 Å². The number of ether oxygens (including phenoxy) is 2. The zero-order chi connectivity index (χ0) is 25.5. The van der Waals surface area contributed by atoms with Crippen LogP contribution in [0.3, 0.4) is 0 Å². The van der Waals surface area contributed by atoms with E-state index in [1.165, 1.54) is 23.8 Å². The third-order valence-corrected chi connectivity index (χ3v) is 7.93. The van der Waals surface area contributed by atoms with E-state index >= 15 is 0 Å². The molecule has 0 saturated carbocycles. The van der Waals surface area contributed by atoms with Gasteiger partial charge in [-0.15, -0.1) is 0 Å². The van der Waals surface area contributed by atoms with Gasteiger partial charge in [-0.05, 0) is 73.6 Å². The number of amides is 1. The monoisotopic (exact) mass is 507 g/mol. The van der Waals surface area contributed by atoms with E-state index in [0.29, 0.717) is 18.8 Å². The molecule has 8 heteroatoms. The van der Waals surface area contributed by atoms with E-state index in [1.807, 2.05) is 34.6 Å². The Labute approximate surface area is 215 Å². The van der Waals surface area contributed by atoms with Gasteiger partial charge in [-0.25, -0.2) is 8.78 Å². The lowest BCUT2D eigenvalue weighted by atomic mass is 9.95. The van der Waals surface area contributed by atoms with Gasteiger partial charge in [0.25, 0.3) is 5.91 Å². The third-order valence-electron chi connectivity index (χ3n) is 7.93. The maximum absolute atomic E-state index is 14.6. The maximum Gasteiger partial charge on any atom is 0.270 e. The highest BCUT2D eigenvalue weighted by Crippen LogP contribution is 2.34. The van der Waals surface area contributed by atoms with Gasteiger partial charge in [-0.3, -0.25) is 9.69 Å². The highest BCUT2D eigenvalue weighted by Gasteiger charge is 2.31. The van der Waals surface area contributed by atoms with Crippen LogP contribution in [0, 0.1) is 18.6 Å². The van der Waals surface area contributed by atoms with Crippen LogP contribution < -0.4 is 9.47 Å². The van der Waals surface area contributed by atoms with E-state index in [1.54, 1.807) is 0 Å². The molecule has 1 saturated heterocycles. The summed E-state index contributed by atoms with van der Waals surface area (Å²) >= 11 is 0. The van der Waals surface area contributed by atoms with Gasteiger partial charge in [-0.2, -0.15) is 0 Å². The molecule has 6 nitrogen and oxygen atoms in total. The van der Waals surface area contributed by atoms with Crippen LogP contribution in [0.15, 0.2) is 36.4 Å². The highest BCUT2D eigenvalue weighted by molar-refractivity contribution is 5.95. The summed E-state index contributed by atoms with van der Waals surface area (Å²) in [5.74, 6) is 0.345. The molecule has 1 aromatic heterocycles. The van der Waals surface area contributed by atoms with E-state index in [2.05, 4.69) is 4.90 Å². The lowest BCUT2D eigenvalue weighted by Gasteiger charge is -2.35. The molecule has 3 aliphatic rings. The fourth-order valence-corrected chi connectivity index (χ4v) is 5.92.